The third-order valence-corrected chi connectivity index (χ3v) is 4.81. The normalized spacial score (nSPS) is 11.6. The predicted molar refractivity (Wildman–Crippen MR) is 111 cm³/mol. The van der Waals surface area contributed by atoms with Gasteiger partial charge in [0.1, 0.15) is 5.75 Å². The van der Waals surface area contributed by atoms with Crippen molar-refractivity contribution in [3.63, 3.8) is 0 Å². The van der Waals surface area contributed by atoms with Gasteiger partial charge in [0, 0.05) is 6.54 Å². The summed E-state index contributed by atoms with van der Waals surface area (Å²) in [7, 11) is 3.25. The van der Waals surface area contributed by atoms with E-state index in [1.54, 1.807) is 14.2 Å². The molecule has 1 N–H and O–H groups in total. The third kappa shape index (κ3) is 5.91. The van der Waals surface area contributed by atoms with Crippen molar-refractivity contribution in [1.82, 2.24) is 5.32 Å². The lowest BCUT2D eigenvalue weighted by Crippen LogP contribution is -2.38. The highest BCUT2D eigenvalue weighted by molar-refractivity contribution is 5.81. The van der Waals surface area contributed by atoms with Gasteiger partial charge in [-0.05, 0) is 74.1 Å². The summed E-state index contributed by atoms with van der Waals surface area (Å²) in [6, 6.07) is 11.8. The van der Waals surface area contributed by atoms with Crippen molar-refractivity contribution in [2.75, 3.05) is 20.8 Å². The molecule has 1 atom stereocenters. The first-order chi connectivity index (χ1) is 13.5. The summed E-state index contributed by atoms with van der Waals surface area (Å²) in [6.07, 6.45) is 1.81. The second kappa shape index (κ2) is 10.6. The molecule has 2 rings (SSSR count). The minimum absolute atomic E-state index is 0.0759. The molecule has 0 bridgehead atoms. The standard InChI is InChI=1S/C23H31NO4/c1-6-20(28-19-11-9-16(2)17(3)14-19)23(25)24-13-7-8-18-10-12-21(26-4)22(15-18)27-5/h9-12,14-15,20H,6-8,13H2,1-5H3,(H,24,25). The quantitative estimate of drug-likeness (QED) is 0.622. The topological polar surface area (TPSA) is 56.8 Å². The van der Waals surface area contributed by atoms with E-state index in [4.69, 9.17) is 14.2 Å². The number of methoxy groups -OCH3 is 2. The Morgan fingerprint density at radius 2 is 1.75 bits per heavy atom. The number of hydrogen-bond acceptors (Lipinski definition) is 4. The fraction of sp³-hybridized carbons (Fsp3) is 0.435. The van der Waals surface area contributed by atoms with Crippen LogP contribution in [0.5, 0.6) is 17.2 Å². The summed E-state index contributed by atoms with van der Waals surface area (Å²) in [6.45, 7) is 6.65. The number of hydrogen-bond donors (Lipinski definition) is 1. The van der Waals surface area contributed by atoms with Gasteiger partial charge in [-0.15, -0.1) is 0 Å². The Morgan fingerprint density at radius 3 is 2.39 bits per heavy atom. The minimum atomic E-state index is -0.483. The van der Waals surface area contributed by atoms with E-state index < -0.39 is 6.10 Å². The predicted octanol–water partition coefficient (Wildman–Crippen LogP) is 4.23. The minimum Gasteiger partial charge on any atom is -0.493 e. The van der Waals surface area contributed by atoms with Crippen LogP contribution in [0.25, 0.3) is 0 Å². The van der Waals surface area contributed by atoms with Crippen molar-refractivity contribution in [3.05, 3.63) is 53.1 Å². The van der Waals surface area contributed by atoms with Gasteiger partial charge in [-0.3, -0.25) is 4.79 Å². The van der Waals surface area contributed by atoms with Gasteiger partial charge in [0.25, 0.3) is 5.91 Å². The second-order valence-electron chi connectivity index (χ2n) is 6.84. The number of nitrogens with one attached hydrogen (secondary N) is 1. The van der Waals surface area contributed by atoms with Gasteiger partial charge >= 0.3 is 0 Å². The summed E-state index contributed by atoms with van der Waals surface area (Å²) in [5.41, 5.74) is 3.51. The molecule has 1 unspecified atom stereocenters. The summed E-state index contributed by atoms with van der Waals surface area (Å²) in [4.78, 5) is 12.5. The number of rotatable bonds is 10. The lowest BCUT2D eigenvalue weighted by molar-refractivity contribution is -0.128. The van der Waals surface area contributed by atoms with Crippen LogP contribution in [0.3, 0.4) is 0 Å². The third-order valence-electron chi connectivity index (χ3n) is 4.81. The Kier molecular flexibility index (Phi) is 8.18. The van der Waals surface area contributed by atoms with Crippen LogP contribution >= 0.6 is 0 Å². The van der Waals surface area contributed by atoms with E-state index >= 15 is 0 Å². The zero-order chi connectivity index (χ0) is 20.5. The molecule has 2 aromatic carbocycles. The first kappa shape index (κ1) is 21.6. The van der Waals surface area contributed by atoms with Crippen molar-refractivity contribution in [1.29, 1.82) is 0 Å². The average Bonchev–Trinajstić information content (AvgIpc) is 2.71. The van der Waals surface area contributed by atoms with Crippen LogP contribution < -0.4 is 19.5 Å². The van der Waals surface area contributed by atoms with Gasteiger partial charge in [0.15, 0.2) is 17.6 Å². The zero-order valence-electron chi connectivity index (χ0n) is 17.5. The van der Waals surface area contributed by atoms with Crippen LogP contribution in [0, 0.1) is 13.8 Å². The number of aryl methyl sites for hydroxylation is 3. The molecule has 0 aliphatic carbocycles. The van der Waals surface area contributed by atoms with Crippen molar-refractivity contribution >= 4 is 5.91 Å². The van der Waals surface area contributed by atoms with Crippen LogP contribution in [-0.2, 0) is 11.2 Å². The molecule has 1 amide bonds. The Morgan fingerprint density at radius 1 is 1.00 bits per heavy atom. The maximum absolute atomic E-state index is 12.5. The van der Waals surface area contributed by atoms with Crippen LogP contribution in [0.4, 0.5) is 0 Å². The molecule has 0 spiro atoms. The summed E-state index contributed by atoms with van der Waals surface area (Å²) < 4.78 is 16.5. The number of ether oxygens (including phenoxy) is 3. The molecule has 5 nitrogen and oxygen atoms in total. The zero-order valence-corrected chi connectivity index (χ0v) is 17.5. The highest BCUT2D eigenvalue weighted by atomic mass is 16.5. The highest BCUT2D eigenvalue weighted by Gasteiger charge is 2.18. The van der Waals surface area contributed by atoms with Gasteiger partial charge in [-0.2, -0.15) is 0 Å². The number of amides is 1. The molecule has 0 fully saturated rings. The fourth-order valence-electron chi connectivity index (χ4n) is 2.93. The summed E-state index contributed by atoms with van der Waals surface area (Å²) in [5, 5.41) is 2.98. The number of carbonyl (C=O) groups is 1. The van der Waals surface area contributed by atoms with E-state index in [0.29, 0.717) is 18.7 Å². The summed E-state index contributed by atoms with van der Waals surface area (Å²) >= 11 is 0. The van der Waals surface area contributed by atoms with Crippen molar-refractivity contribution < 1.29 is 19.0 Å². The average molecular weight is 386 g/mol. The number of benzene rings is 2. The summed E-state index contributed by atoms with van der Waals surface area (Å²) in [5.74, 6) is 2.09. The molecule has 0 aromatic heterocycles. The molecule has 152 valence electrons. The fourth-order valence-corrected chi connectivity index (χ4v) is 2.93. The monoisotopic (exact) mass is 385 g/mol. The highest BCUT2D eigenvalue weighted by Crippen LogP contribution is 2.27. The maximum Gasteiger partial charge on any atom is 0.261 e. The van der Waals surface area contributed by atoms with Crippen LogP contribution in [0.2, 0.25) is 0 Å². The Balaban J connectivity index is 1.82. The Bertz CT molecular complexity index is 788. The van der Waals surface area contributed by atoms with Gasteiger partial charge in [0.2, 0.25) is 0 Å². The molecular formula is C23H31NO4. The molecule has 0 saturated heterocycles. The van der Waals surface area contributed by atoms with Gasteiger partial charge in [0.05, 0.1) is 14.2 Å². The largest absolute Gasteiger partial charge is 0.493 e. The van der Waals surface area contributed by atoms with Gasteiger partial charge in [-0.25, -0.2) is 0 Å². The lowest BCUT2D eigenvalue weighted by atomic mass is 10.1. The van der Waals surface area contributed by atoms with E-state index in [1.807, 2.05) is 50.2 Å². The van der Waals surface area contributed by atoms with Gasteiger partial charge in [-0.1, -0.05) is 19.1 Å². The molecule has 0 radical (unpaired) electrons. The van der Waals surface area contributed by atoms with Crippen molar-refractivity contribution in [3.8, 4) is 17.2 Å². The van der Waals surface area contributed by atoms with E-state index in [1.165, 1.54) is 5.56 Å². The molecule has 0 saturated carbocycles. The van der Waals surface area contributed by atoms with Crippen LogP contribution in [0.15, 0.2) is 36.4 Å². The molecule has 2 aromatic rings. The molecule has 0 heterocycles. The van der Waals surface area contributed by atoms with Crippen molar-refractivity contribution in [2.45, 2.75) is 46.1 Å². The molecule has 28 heavy (non-hydrogen) atoms. The smallest absolute Gasteiger partial charge is 0.261 e. The van der Waals surface area contributed by atoms with Crippen LogP contribution in [0.1, 0.15) is 36.5 Å². The van der Waals surface area contributed by atoms with E-state index in [2.05, 4.69) is 12.2 Å². The Labute approximate surface area is 168 Å². The SMILES string of the molecule is CCC(Oc1ccc(C)c(C)c1)C(=O)NCCCc1ccc(OC)c(OC)c1. The molecule has 0 aliphatic heterocycles. The van der Waals surface area contributed by atoms with Gasteiger partial charge < -0.3 is 19.5 Å². The van der Waals surface area contributed by atoms with E-state index in [9.17, 15) is 4.79 Å². The lowest BCUT2D eigenvalue weighted by Gasteiger charge is -2.18. The first-order valence-corrected chi connectivity index (χ1v) is 9.71. The molecule has 0 aliphatic rings. The molecular weight excluding hydrogens is 354 g/mol. The van der Waals surface area contributed by atoms with E-state index in [-0.39, 0.29) is 5.91 Å². The molecule has 5 heteroatoms. The first-order valence-electron chi connectivity index (χ1n) is 9.71. The van der Waals surface area contributed by atoms with Crippen LogP contribution in [-0.4, -0.2) is 32.8 Å². The van der Waals surface area contributed by atoms with E-state index in [0.717, 1.165) is 35.5 Å². The van der Waals surface area contributed by atoms with Crippen molar-refractivity contribution in [2.24, 2.45) is 0 Å². The second-order valence-corrected chi connectivity index (χ2v) is 6.84. The maximum atomic E-state index is 12.5. The number of carbonyl (C=O) groups excluding carboxylic acids is 1. The Hall–Kier alpha value is -2.69.